The summed E-state index contributed by atoms with van der Waals surface area (Å²) >= 11 is 0. The van der Waals surface area contributed by atoms with Crippen LogP contribution in [0.15, 0.2) is 34.5 Å². The molecule has 4 N–H and O–H groups in total. The van der Waals surface area contributed by atoms with E-state index in [9.17, 15) is 24.3 Å². The van der Waals surface area contributed by atoms with Crippen molar-refractivity contribution in [1.29, 1.82) is 0 Å². The van der Waals surface area contributed by atoms with Gasteiger partial charge in [-0.3, -0.25) is 24.2 Å². The third-order valence-corrected chi connectivity index (χ3v) is 10.3. The van der Waals surface area contributed by atoms with Crippen molar-refractivity contribution in [3.05, 3.63) is 74.5 Å². The molecule has 0 bridgehead atoms. The first-order chi connectivity index (χ1) is 20.8. The maximum Gasteiger partial charge on any atom is 0.303 e. The Bertz CT molecular complexity index is 1710. The topological polar surface area (TPSA) is 144 Å². The van der Waals surface area contributed by atoms with Crippen molar-refractivity contribution in [2.45, 2.75) is 86.1 Å². The molecule has 9 nitrogen and oxygen atoms in total. The van der Waals surface area contributed by atoms with Crippen LogP contribution in [0.25, 0.3) is 5.57 Å². The zero-order valence-corrected chi connectivity index (χ0v) is 26.7. The molecule has 4 atom stereocenters. The molecule has 2 aliphatic heterocycles. The Morgan fingerprint density at radius 3 is 2.41 bits per heavy atom. The Morgan fingerprint density at radius 1 is 1.11 bits per heavy atom. The molecular formula is C35H42N4O5. The van der Waals surface area contributed by atoms with Gasteiger partial charge in [-0.2, -0.15) is 0 Å². The Labute approximate surface area is 258 Å². The van der Waals surface area contributed by atoms with Crippen LogP contribution < -0.4 is 5.32 Å². The molecule has 4 heterocycles. The number of carbonyl (C=O) groups is 4. The van der Waals surface area contributed by atoms with Gasteiger partial charge in [-0.15, -0.1) is 0 Å². The van der Waals surface area contributed by atoms with E-state index in [1.54, 1.807) is 6.08 Å². The molecule has 1 aliphatic carbocycles. The normalized spacial score (nSPS) is 26.3. The lowest BCUT2D eigenvalue weighted by Gasteiger charge is -2.28. The molecule has 0 fully saturated rings. The van der Waals surface area contributed by atoms with Crippen molar-refractivity contribution < 1.29 is 24.3 Å². The zero-order chi connectivity index (χ0) is 32.2. The molecular weight excluding hydrogens is 556 g/mol. The number of aromatic nitrogens is 2. The molecule has 5 rings (SSSR count). The maximum absolute atomic E-state index is 13.8. The minimum Gasteiger partial charge on any atom is -0.481 e. The Kier molecular flexibility index (Phi) is 8.03. The highest BCUT2D eigenvalue weighted by molar-refractivity contribution is 6.15. The van der Waals surface area contributed by atoms with Crippen LogP contribution in [-0.2, 0) is 22.4 Å². The summed E-state index contributed by atoms with van der Waals surface area (Å²) in [7, 11) is 0. The van der Waals surface area contributed by atoms with Gasteiger partial charge in [0.25, 0.3) is 5.91 Å². The number of aldehydes is 1. The van der Waals surface area contributed by atoms with Crippen molar-refractivity contribution in [2.75, 3.05) is 0 Å². The van der Waals surface area contributed by atoms with Crippen LogP contribution in [0.2, 0.25) is 0 Å². The molecule has 0 radical (unpaired) electrons. The third-order valence-electron chi connectivity index (χ3n) is 10.3. The number of allylic oxidation sites excluding steroid dienone is 2. The van der Waals surface area contributed by atoms with Gasteiger partial charge in [0.2, 0.25) is 0 Å². The van der Waals surface area contributed by atoms with E-state index in [0.29, 0.717) is 36.1 Å². The van der Waals surface area contributed by atoms with Crippen molar-refractivity contribution in [1.82, 2.24) is 15.3 Å². The van der Waals surface area contributed by atoms with Crippen LogP contribution in [0.5, 0.6) is 0 Å². The number of nitrogens with one attached hydrogen (secondary N) is 3. The van der Waals surface area contributed by atoms with Crippen molar-refractivity contribution in [2.24, 2.45) is 22.7 Å². The predicted molar refractivity (Wildman–Crippen MR) is 170 cm³/mol. The molecule has 0 spiro atoms. The van der Waals surface area contributed by atoms with Crippen LogP contribution in [0, 0.1) is 31.6 Å². The van der Waals surface area contributed by atoms with Gasteiger partial charge in [0.15, 0.2) is 12.1 Å². The van der Waals surface area contributed by atoms with Gasteiger partial charge in [0.1, 0.15) is 0 Å². The van der Waals surface area contributed by atoms with Crippen LogP contribution in [-0.4, -0.2) is 50.3 Å². The van der Waals surface area contributed by atoms with Gasteiger partial charge in [-0.25, -0.2) is 0 Å². The highest BCUT2D eigenvalue weighted by Crippen LogP contribution is 2.48. The number of aromatic amines is 2. The number of H-pyrrole nitrogens is 2. The van der Waals surface area contributed by atoms with E-state index >= 15 is 0 Å². The van der Waals surface area contributed by atoms with Gasteiger partial charge >= 0.3 is 5.97 Å². The lowest BCUT2D eigenvalue weighted by atomic mass is 9.79. The second-order valence-electron chi connectivity index (χ2n) is 12.8. The highest BCUT2D eigenvalue weighted by atomic mass is 16.4. The molecule has 0 saturated heterocycles. The second-order valence-corrected chi connectivity index (χ2v) is 12.8. The second kappa shape index (κ2) is 11.3. The number of rotatable bonds is 10. The molecule has 2 aromatic heterocycles. The number of aliphatic imine (C=N–C) groups is 1. The minimum atomic E-state index is -0.878. The molecule has 44 heavy (non-hydrogen) atoms. The van der Waals surface area contributed by atoms with Gasteiger partial charge < -0.3 is 20.4 Å². The van der Waals surface area contributed by atoms with E-state index in [1.165, 1.54) is 0 Å². The van der Waals surface area contributed by atoms with Crippen molar-refractivity contribution >= 4 is 35.2 Å². The average Bonchev–Trinajstić information content (AvgIpc) is 3.68. The number of nitrogens with zero attached hydrogens (tertiary/aromatic N) is 1. The van der Waals surface area contributed by atoms with Gasteiger partial charge in [0, 0.05) is 70.8 Å². The monoisotopic (exact) mass is 598 g/mol. The molecule has 1 amide bonds. The summed E-state index contributed by atoms with van der Waals surface area (Å²) in [4.78, 5) is 61.7. The Morgan fingerprint density at radius 2 is 1.82 bits per heavy atom. The van der Waals surface area contributed by atoms with Crippen molar-refractivity contribution in [3.8, 4) is 0 Å². The lowest BCUT2D eigenvalue weighted by molar-refractivity contribution is -0.137. The summed E-state index contributed by atoms with van der Waals surface area (Å²) in [5, 5.41) is 12.7. The molecule has 232 valence electrons. The average molecular weight is 599 g/mol. The standard InChI is InChI=1S/C35H42N4O5/c1-9-21-16(3)27(15-40)36-25(21)13-24-18(5)30-32(37-24)29(19(6)33(30)43)31-23(11-12-28(41)42)17(4)26(38-31)14-35(8)20(7)22(10-2)34(44)39-35/h10,15,17,19,23,36-37H,2,9,11-14H2,1,3-8H3,(H,39,44)(H,41,42)/b31-29-/t17-,19+,23-,35?/m0/s1. The number of fused-ring (bicyclic) bond motifs is 1. The number of Topliss-reactive ketones (excluding diaryl/α,β-unsaturated/α-hetero) is 1. The summed E-state index contributed by atoms with van der Waals surface area (Å²) < 4.78 is 0. The third kappa shape index (κ3) is 4.82. The molecule has 1 unspecified atom stereocenters. The SMILES string of the molecule is C=CC1=C(C)C(C)(CC2=N/C(=C3\c4[nH]c(Cc5[nH]c(C=O)c(C)c5CC)c(C)c4C(=O)[C@@H]3C)[C@@H](CCC(=O)O)[C@@H]2C)NC1=O. The van der Waals surface area contributed by atoms with E-state index < -0.39 is 17.4 Å². The molecule has 3 aliphatic rings. The summed E-state index contributed by atoms with van der Waals surface area (Å²) in [5.41, 5.74) is 10.0. The smallest absolute Gasteiger partial charge is 0.303 e. The number of aliphatic carboxylic acids is 1. The largest absolute Gasteiger partial charge is 0.481 e. The first-order valence-electron chi connectivity index (χ1n) is 15.4. The van der Waals surface area contributed by atoms with Crippen molar-refractivity contribution in [3.63, 3.8) is 0 Å². The van der Waals surface area contributed by atoms with Gasteiger partial charge in [0.05, 0.1) is 22.6 Å². The van der Waals surface area contributed by atoms with Crippen LogP contribution in [0.3, 0.4) is 0 Å². The lowest BCUT2D eigenvalue weighted by Crippen LogP contribution is -2.43. The zero-order valence-electron chi connectivity index (χ0n) is 26.7. The molecule has 9 heteroatoms. The molecule has 0 saturated carbocycles. The quantitative estimate of drug-likeness (QED) is 0.255. The first kappa shape index (κ1) is 31.2. The van der Waals surface area contributed by atoms with Crippen LogP contribution in [0.1, 0.15) is 108 Å². The summed E-state index contributed by atoms with van der Waals surface area (Å²) in [6.45, 7) is 17.6. The summed E-state index contributed by atoms with van der Waals surface area (Å²) in [5.74, 6) is -1.73. The van der Waals surface area contributed by atoms with E-state index in [0.717, 1.165) is 69.0 Å². The van der Waals surface area contributed by atoms with Crippen LogP contribution in [0.4, 0.5) is 0 Å². The number of hydrogen-bond donors (Lipinski definition) is 4. The van der Waals surface area contributed by atoms with E-state index in [-0.39, 0.29) is 29.9 Å². The number of ketones is 1. The van der Waals surface area contributed by atoms with Crippen LogP contribution >= 0.6 is 0 Å². The van der Waals surface area contributed by atoms with E-state index in [2.05, 4.69) is 35.7 Å². The first-order valence-corrected chi connectivity index (χ1v) is 15.4. The Balaban J connectivity index is 1.61. The van der Waals surface area contributed by atoms with Gasteiger partial charge in [-0.05, 0) is 62.8 Å². The molecule has 2 aromatic rings. The van der Waals surface area contributed by atoms with E-state index in [1.807, 2.05) is 34.6 Å². The van der Waals surface area contributed by atoms with E-state index in [4.69, 9.17) is 4.99 Å². The van der Waals surface area contributed by atoms with Gasteiger partial charge in [-0.1, -0.05) is 33.4 Å². The fourth-order valence-electron chi connectivity index (χ4n) is 7.49. The predicted octanol–water partition coefficient (Wildman–Crippen LogP) is 5.82. The number of carboxylic acids is 1. The number of carbonyl (C=O) groups excluding carboxylic acids is 3. The number of amides is 1. The Hall–Kier alpha value is -4.27. The fraction of sp³-hybridized carbons (Fsp3) is 0.457. The number of carboxylic acid groups (broad SMARTS) is 1. The minimum absolute atomic E-state index is 0.0165. The summed E-state index contributed by atoms with van der Waals surface area (Å²) in [6.07, 6.45) is 4.55. The molecule has 0 aromatic carbocycles. The number of hydrogen-bond acceptors (Lipinski definition) is 5. The fourth-order valence-corrected chi connectivity index (χ4v) is 7.49. The maximum atomic E-state index is 13.8. The highest BCUT2D eigenvalue weighted by Gasteiger charge is 2.46. The summed E-state index contributed by atoms with van der Waals surface area (Å²) in [6, 6.07) is 0.